The van der Waals surface area contributed by atoms with Gasteiger partial charge in [0.15, 0.2) is 0 Å². The molecule has 0 unspecified atom stereocenters. The summed E-state index contributed by atoms with van der Waals surface area (Å²) in [6, 6.07) is 10.2. The van der Waals surface area contributed by atoms with Gasteiger partial charge in [-0.05, 0) is 73.6 Å². The molecule has 35 heavy (non-hydrogen) atoms. The zero-order valence-corrected chi connectivity index (χ0v) is 19.6. The summed E-state index contributed by atoms with van der Waals surface area (Å²) in [5.74, 6) is -0.904. The Labute approximate surface area is 202 Å². The van der Waals surface area contributed by atoms with Crippen molar-refractivity contribution in [3.63, 3.8) is 0 Å². The fraction of sp³-hybridized carbons (Fsp3) is 0.346. The first-order valence-electron chi connectivity index (χ1n) is 11.6. The first-order chi connectivity index (χ1) is 16.8. The third-order valence-electron chi connectivity index (χ3n) is 6.76. The highest BCUT2D eigenvalue weighted by molar-refractivity contribution is 6.03. The quantitative estimate of drug-likeness (QED) is 0.591. The van der Waals surface area contributed by atoms with Crippen LogP contribution in [-0.2, 0) is 18.4 Å². The monoisotopic (exact) mass is 472 g/mol. The molecule has 2 fully saturated rings. The fourth-order valence-corrected chi connectivity index (χ4v) is 4.82. The van der Waals surface area contributed by atoms with Crippen LogP contribution in [0.15, 0.2) is 42.7 Å². The van der Waals surface area contributed by atoms with E-state index in [0.717, 1.165) is 18.4 Å². The molecule has 1 saturated carbocycles. The second-order valence-electron chi connectivity index (χ2n) is 9.35. The number of pyridine rings is 1. The molecular formula is C26H25FN6O2. The molecule has 178 valence electrons. The number of aromatic nitrogens is 3. The SMILES string of the molecule is Cc1cc(N2CC[C@@](C#N)(C3CC3)C2=O)cc(C(=O)NCc2cc(F)cc(-c3cnn(C)c3)c2)n1. The van der Waals surface area contributed by atoms with Crippen LogP contribution in [0.25, 0.3) is 11.1 Å². The summed E-state index contributed by atoms with van der Waals surface area (Å²) < 4.78 is 15.9. The number of hydrogen-bond acceptors (Lipinski definition) is 5. The third kappa shape index (κ3) is 4.28. The molecule has 2 aromatic heterocycles. The van der Waals surface area contributed by atoms with Crippen LogP contribution in [0.1, 0.15) is 41.0 Å². The maximum Gasteiger partial charge on any atom is 0.270 e. The summed E-state index contributed by atoms with van der Waals surface area (Å²) in [6.07, 6.45) is 5.74. The van der Waals surface area contributed by atoms with Gasteiger partial charge in [-0.15, -0.1) is 0 Å². The van der Waals surface area contributed by atoms with Crippen LogP contribution in [0.5, 0.6) is 0 Å². The molecule has 1 atom stereocenters. The molecule has 0 bridgehead atoms. The van der Waals surface area contributed by atoms with Gasteiger partial charge in [-0.25, -0.2) is 9.37 Å². The van der Waals surface area contributed by atoms with E-state index in [2.05, 4.69) is 21.5 Å². The largest absolute Gasteiger partial charge is 0.347 e. The summed E-state index contributed by atoms with van der Waals surface area (Å²) in [5.41, 5.74) is 2.41. The smallest absolute Gasteiger partial charge is 0.270 e. The average Bonchev–Trinajstić information content (AvgIpc) is 3.50. The Hall–Kier alpha value is -4.06. The Morgan fingerprint density at radius 3 is 2.74 bits per heavy atom. The van der Waals surface area contributed by atoms with Crippen molar-refractivity contribution in [2.75, 3.05) is 11.4 Å². The molecule has 5 rings (SSSR count). The van der Waals surface area contributed by atoms with Crippen molar-refractivity contribution in [3.05, 3.63) is 65.5 Å². The lowest BCUT2D eigenvalue weighted by Crippen LogP contribution is -2.35. The van der Waals surface area contributed by atoms with E-state index < -0.39 is 17.1 Å². The second-order valence-corrected chi connectivity index (χ2v) is 9.35. The fourth-order valence-electron chi connectivity index (χ4n) is 4.82. The van der Waals surface area contributed by atoms with E-state index in [1.165, 1.54) is 12.1 Å². The van der Waals surface area contributed by atoms with E-state index in [-0.39, 0.29) is 24.1 Å². The maximum atomic E-state index is 14.2. The first-order valence-corrected chi connectivity index (χ1v) is 11.6. The van der Waals surface area contributed by atoms with Crippen molar-refractivity contribution in [1.29, 1.82) is 5.26 Å². The Kier molecular flexibility index (Phi) is 5.59. The van der Waals surface area contributed by atoms with Crippen LogP contribution >= 0.6 is 0 Å². The minimum Gasteiger partial charge on any atom is -0.347 e. The number of halogens is 1. The lowest BCUT2D eigenvalue weighted by molar-refractivity contribution is -0.123. The van der Waals surface area contributed by atoms with Crippen molar-refractivity contribution in [2.45, 2.75) is 32.7 Å². The highest BCUT2D eigenvalue weighted by Gasteiger charge is 2.56. The van der Waals surface area contributed by atoms with Crippen LogP contribution in [0.2, 0.25) is 0 Å². The van der Waals surface area contributed by atoms with Crippen molar-refractivity contribution >= 4 is 17.5 Å². The van der Waals surface area contributed by atoms with Crippen molar-refractivity contribution < 1.29 is 14.0 Å². The summed E-state index contributed by atoms with van der Waals surface area (Å²) in [6.45, 7) is 2.30. The number of nitriles is 1. The van der Waals surface area contributed by atoms with Crippen LogP contribution in [0.3, 0.4) is 0 Å². The van der Waals surface area contributed by atoms with Gasteiger partial charge in [-0.3, -0.25) is 14.3 Å². The van der Waals surface area contributed by atoms with Crippen molar-refractivity contribution in [1.82, 2.24) is 20.1 Å². The molecule has 1 N–H and O–H groups in total. The summed E-state index contributed by atoms with van der Waals surface area (Å²) in [4.78, 5) is 32.0. The molecule has 1 aliphatic carbocycles. The van der Waals surface area contributed by atoms with Gasteiger partial charge < -0.3 is 10.2 Å². The Bertz CT molecular complexity index is 1370. The second kappa shape index (κ2) is 8.62. The summed E-state index contributed by atoms with van der Waals surface area (Å²) in [7, 11) is 1.79. The van der Waals surface area contributed by atoms with E-state index in [1.54, 1.807) is 54.1 Å². The molecule has 1 aliphatic heterocycles. The van der Waals surface area contributed by atoms with Crippen LogP contribution < -0.4 is 10.2 Å². The van der Waals surface area contributed by atoms with Crippen LogP contribution in [0, 0.1) is 35.4 Å². The molecule has 2 aliphatic rings. The van der Waals surface area contributed by atoms with E-state index in [0.29, 0.717) is 35.5 Å². The van der Waals surface area contributed by atoms with Crippen molar-refractivity contribution in [3.8, 4) is 17.2 Å². The third-order valence-corrected chi connectivity index (χ3v) is 6.76. The molecule has 2 amide bonds. The number of benzene rings is 1. The minimum atomic E-state index is -0.955. The number of nitrogens with zero attached hydrogens (tertiary/aromatic N) is 5. The highest BCUT2D eigenvalue weighted by atomic mass is 19.1. The molecule has 0 spiro atoms. The number of nitrogens with one attached hydrogen (secondary N) is 1. The van der Waals surface area contributed by atoms with Gasteiger partial charge in [0.25, 0.3) is 5.91 Å². The van der Waals surface area contributed by atoms with Crippen LogP contribution in [0.4, 0.5) is 10.1 Å². The normalized spacial score (nSPS) is 19.6. The Morgan fingerprint density at radius 1 is 1.26 bits per heavy atom. The maximum absolute atomic E-state index is 14.2. The number of carbonyl (C=O) groups is 2. The van der Waals surface area contributed by atoms with E-state index >= 15 is 0 Å². The zero-order valence-electron chi connectivity index (χ0n) is 19.6. The molecule has 8 nitrogen and oxygen atoms in total. The number of amides is 2. The van der Waals surface area contributed by atoms with Gasteiger partial charge in [-0.2, -0.15) is 10.4 Å². The molecule has 3 heterocycles. The number of hydrogen-bond donors (Lipinski definition) is 1. The molecular weight excluding hydrogens is 447 g/mol. The number of aryl methyl sites for hydroxylation is 2. The van der Waals surface area contributed by atoms with Gasteiger partial charge in [0.1, 0.15) is 16.9 Å². The van der Waals surface area contributed by atoms with Gasteiger partial charge in [0.05, 0.1) is 12.3 Å². The number of carbonyl (C=O) groups excluding carboxylic acids is 2. The van der Waals surface area contributed by atoms with Crippen molar-refractivity contribution in [2.24, 2.45) is 18.4 Å². The predicted octanol–water partition coefficient (Wildman–Crippen LogP) is 3.52. The van der Waals surface area contributed by atoms with Gasteiger partial charge in [0, 0.05) is 43.3 Å². The average molecular weight is 473 g/mol. The minimum absolute atomic E-state index is 0.108. The van der Waals surface area contributed by atoms with Gasteiger partial charge >= 0.3 is 0 Å². The highest BCUT2D eigenvalue weighted by Crippen LogP contribution is 2.51. The van der Waals surface area contributed by atoms with E-state index in [1.807, 2.05) is 0 Å². The summed E-state index contributed by atoms with van der Waals surface area (Å²) in [5, 5.41) is 16.7. The number of rotatable bonds is 6. The van der Waals surface area contributed by atoms with Crippen LogP contribution in [-0.4, -0.2) is 33.1 Å². The standard InChI is InChI=1S/C26H25FN6O2/c1-16-7-22(33-6-5-26(15-28,25(33)35)20-3-4-20)11-23(31-16)24(34)29-12-17-8-18(10-21(27)9-17)19-13-30-32(2)14-19/h7-11,13-14,20H,3-6,12H2,1-2H3,(H,29,34)/t26-/m1/s1. The first kappa shape index (κ1) is 22.7. The van der Waals surface area contributed by atoms with E-state index in [4.69, 9.17) is 0 Å². The number of anilines is 1. The molecule has 0 radical (unpaired) electrons. The molecule has 3 aromatic rings. The van der Waals surface area contributed by atoms with Gasteiger partial charge in [0.2, 0.25) is 5.91 Å². The lowest BCUT2D eigenvalue weighted by Gasteiger charge is -2.21. The summed E-state index contributed by atoms with van der Waals surface area (Å²) >= 11 is 0. The zero-order chi connectivity index (χ0) is 24.7. The van der Waals surface area contributed by atoms with Gasteiger partial charge in [-0.1, -0.05) is 0 Å². The topological polar surface area (TPSA) is 104 Å². The molecule has 1 aromatic carbocycles. The molecule has 9 heteroatoms. The predicted molar refractivity (Wildman–Crippen MR) is 126 cm³/mol. The molecule has 1 saturated heterocycles. The lowest BCUT2D eigenvalue weighted by atomic mass is 9.83. The van der Waals surface area contributed by atoms with E-state index in [9.17, 15) is 19.2 Å². The Morgan fingerprint density at radius 2 is 2.06 bits per heavy atom. The Balaban J connectivity index is 1.33.